The molecule has 18 heavy (non-hydrogen) atoms. The summed E-state index contributed by atoms with van der Waals surface area (Å²) in [5.74, 6) is -2.94. The molecule has 0 aliphatic rings. The van der Waals surface area contributed by atoms with Crippen LogP contribution in [0.25, 0.3) is 0 Å². The van der Waals surface area contributed by atoms with Crippen LogP contribution in [0.1, 0.15) is 5.56 Å². The number of nitrogen functional groups attached to an aromatic ring is 1. The molecular weight excluding hydrogens is 243 g/mol. The molecule has 0 saturated heterocycles. The molecule has 0 aliphatic heterocycles. The van der Waals surface area contributed by atoms with E-state index in [-0.39, 0.29) is 5.82 Å². The number of hydrogen-bond donors (Lipinski definition) is 2. The summed E-state index contributed by atoms with van der Waals surface area (Å²) in [4.78, 5) is 3.53. The van der Waals surface area contributed by atoms with Crippen molar-refractivity contribution in [2.24, 2.45) is 0 Å². The summed E-state index contributed by atoms with van der Waals surface area (Å²) in [5, 5.41) is 2.58. The predicted molar refractivity (Wildman–Crippen MR) is 63.0 cm³/mol. The Morgan fingerprint density at radius 2 is 1.83 bits per heavy atom. The van der Waals surface area contributed by atoms with Crippen LogP contribution in [0.15, 0.2) is 24.3 Å². The molecule has 0 aliphatic carbocycles. The zero-order valence-corrected chi connectivity index (χ0v) is 9.47. The molecule has 1 heterocycles. The van der Waals surface area contributed by atoms with E-state index in [9.17, 15) is 13.2 Å². The van der Waals surface area contributed by atoms with Crippen LogP contribution in [-0.2, 0) is 0 Å². The number of nitrogens with zero attached hydrogens (tertiary/aromatic N) is 1. The van der Waals surface area contributed by atoms with Gasteiger partial charge in [0, 0.05) is 17.3 Å². The van der Waals surface area contributed by atoms with E-state index in [1.54, 1.807) is 6.07 Å². The third-order valence-electron chi connectivity index (χ3n) is 2.48. The summed E-state index contributed by atoms with van der Waals surface area (Å²) >= 11 is 0. The van der Waals surface area contributed by atoms with Gasteiger partial charge in [0.25, 0.3) is 0 Å². The lowest BCUT2D eigenvalue weighted by molar-refractivity contribution is 0.580. The summed E-state index contributed by atoms with van der Waals surface area (Å²) in [6.45, 7) is 1.53. The van der Waals surface area contributed by atoms with Gasteiger partial charge in [0.2, 0.25) is 0 Å². The van der Waals surface area contributed by atoms with Crippen molar-refractivity contribution in [3.8, 4) is 0 Å². The Hall–Kier alpha value is -2.24. The first-order valence-corrected chi connectivity index (χ1v) is 5.12. The molecule has 0 spiro atoms. The van der Waals surface area contributed by atoms with Gasteiger partial charge in [0.15, 0.2) is 23.3 Å². The molecule has 3 nitrogen and oxygen atoms in total. The van der Waals surface area contributed by atoms with Crippen molar-refractivity contribution < 1.29 is 13.2 Å². The first-order valence-electron chi connectivity index (χ1n) is 5.12. The lowest BCUT2D eigenvalue weighted by atomic mass is 10.2. The highest BCUT2D eigenvalue weighted by Gasteiger charge is 2.11. The van der Waals surface area contributed by atoms with E-state index in [1.165, 1.54) is 19.1 Å². The van der Waals surface area contributed by atoms with Gasteiger partial charge in [-0.15, -0.1) is 0 Å². The molecule has 3 N–H and O–H groups in total. The minimum absolute atomic E-state index is 0.248. The third-order valence-corrected chi connectivity index (χ3v) is 2.48. The van der Waals surface area contributed by atoms with E-state index in [2.05, 4.69) is 10.3 Å². The van der Waals surface area contributed by atoms with Crippen molar-refractivity contribution in [3.05, 3.63) is 47.3 Å². The Kier molecular flexibility index (Phi) is 3.10. The van der Waals surface area contributed by atoms with Crippen LogP contribution in [0.4, 0.5) is 30.5 Å². The fraction of sp³-hybridized carbons (Fsp3) is 0.0833. The molecule has 1 aromatic carbocycles. The van der Waals surface area contributed by atoms with Crippen molar-refractivity contribution in [1.82, 2.24) is 4.98 Å². The highest BCUT2D eigenvalue weighted by molar-refractivity contribution is 5.62. The quantitative estimate of drug-likeness (QED) is 0.864. The van der Waals surface area contributed by atoms with Gasteiger partial charge in [0.05, 0.1) is 0 Å². The molecule has 0 radical (unpaired) electrons. The summed E-state index contributed by atoms with van der Waals surface area (Å²) in [6.07, 6.45) is 0. The molecule has 0 unspecified atom stereocenters. The Morgan fingerprint density at radius 3 is 2.56 bits per heavy atom. The van der Waals surface area contributed by atoms with Crippen LogP contribution >= 0.6 is 0 Å². The Bertz CT molecular complexity index is 599. The van der Waals surface area contributed by atoms with E-state index >= 15 is 0 Å². The monoisotopic (exact) mass is 253 g/mol. The van der Waals surface area contributed by atoms with E-state index in [0.717, 1.165) is 0 Å². The Labute approximate surface area is 101 Å². The molecule has 2 aromatic rings. The van der Waals surface area contributed by atoms with Crippen molar-refractivity contribution in [2.45, 2.75) is 6.92 Å². The molecular formula is C12H10F3N3. The van der Waals surface area contributed by atoms with Gasteiger partial charge < -0.3 is 11.1 Å². The van der Waals surface area contributed by atoms with Crippen molar-refractivity contribution >= 4 is 17.3 Å². The molecule has 6 heteroatoms. The maximum atomic E-state index is 13.4. The first kappa shape index (κ1) is 12.2. The molecule has 0 atom stereocenters. The van der Waals surface area contributed by atoms with E-state index in [1.807, 2.05) is 0 Å². The predicted octanol–water partition coefficient (Wildman–Crippen LogP) is 3.13. The van der Waals surface area contributed by atoms with Crippen molar-refractivity contribution in [3.63, 3.8) is 0 Å². The SMILES string of the molecule is Cc1c(F)cccc1Nc1nc(N)c(F)cc1F. The molecule has 0 fully saturated rings. The number of hydrogen-bond acceptors (Lipinski definition) is 3. The number of rotatable bonds is 2. The van der Waals surface area contributed by atoms with Crippen LogP contribution in [0, 0.1) is 24.4 Å². The summed E-state index contributed by atoms with van der Waals surface area (Å²) in [6, 6.07) is 4.93. The molecule has 0 amide bonds. The van der Waals surface area contributed by atoms with Crippen molar-refractivity contribution in [1.29, 1.82) is 0 Å². The maximum Gasteiger partial charge on any atom is 0.169 e. The molecule has 2 rings (SSSR count). The Morgan fingerprint density at radius 1 is 1.11 bits per heavy atom. The van der Waals surface area contributed by atoms with E-state index in [0.29, 0.717) is 17.3 Å². The zero-order chi connectivity index (χ0) is 13.3. The lowest BCUT2D eigenvalue weighted by Gasteiger charge is -2.10. The van der Waals surface area contributed by atoms with Crippen LogP contribution in [0.3, 0.4) is 0 Å². The number of pyridine rings is 1. The minimum Gasteiger partial charge on any atom is -0.381 e. The summed E-state index contributed by atoms with van der Waals surface area (Å²) < 4.78 is 39.6. The van der Waals surface area contributed by atoms with Crippen LogP contribution in [0.5, 0.6) is 0 Å². The van der Waals surface area contributed by atoms with Gasteiger partial charge in [-0.05, 0) is 19.1 Å². The summed E-state index contributed by atoms with van der Waals surface area (Å²) in [7, 11) is 0. The van der Waals surface area contributed by atoms with Gasteiger partial charge in [0.1, 0.15) is 5.82 Å². The number of nitrogens with one attached hydrogen (secondary N) is 1. The number of nitrogens with two attached hydrogens (primary N) is 1. The normalized spacial score (nSPS) is 10.4. The number of aromatic nitrogens is 1. The van der Waals surface area contributed by atoms with Crippen LogP contribution in [0.2, 0.25) is 0 Å². The first-order chi connectivity index (χ1) is 8.49. The smallest absolute Gasteiger partial charge is 0.169 e. The van der Waals surface area contributed by atoms with Gasteiger partial charge in [-0.2, -0.15) is 0 Å². The average molecular weight is 253 g/mol. The second kappa shape index (κ2) is 4.56. The average Bonchev–Trinajstić information content (AvgIpc) is 2.32. The molecule has 94 valence electrons. The highest BCUT2D eigenvalue weighted by Crippen LogP contribution is 2.24. The Balaban J connectivity index is 2.40. The third kappa shape index (κ3) is 2.22. The number of halogens is 3. The standard InChI is InChI=1S/C12H10F3N3/c1-6-7(13)3-2-4-10(6)17-12-9(15)5-8(14)11(16)18-12/h2-5H,1H3,(H3,16,17,18). The van der Waals surface area contributed by atoms with E-state index < -0.39 is 23.3 Å². The maximum absolute atomic E-state index is 13.4. The fourth-order valence-electron chi connectivity index (χ4n) is 1.44. The second-order valence-corrected chi connectivity index (χ2v) is 3.72. The minimum atomic E-state index is -0.936. The highest BCUT2D eigenvalue weighted by atomic mass is 19.1. The molecule has 1 aromatic heterocycles. The van der Waals surface area contributed by atoms with Crippen LogP contribution < -0.4 is 11.1 Å². The molecule has 0 saturated carbocycles. The van der Waals surface area contributed by atoms with Crippen LogP contribution in [-0.4, -0.2) is 4.98 Å². The van der Waals surface area contributed by atoms with E-state index in [4.69, 9.17) is 5.73 Å². The van der Waals surface area contributed by atoms with Crippen molar-refractivity contribution in [2.75, 3.05) is 11.1 Å². The van der Waals surface area contributed by atoms with Gasteiger partial charge in [-0.25, -0.2) is 18.2 Å². The lowest BCUT2D eigenvalue weighted by Crippen LogP contribution is -2.04. The zero-order valence-electron chi connectivity index (χ0n) is 9.47. The molecule has 0 bridgehead atoms. The topological polar surface area (TPSA) is 50.9 Å². The number of anilines is 3. The largest absolute Gasteiger partial charge is 0.381 e. The second-order valence-electron chi connectivity index (χ2n) is 3.72. The number of benzene rings is 1. The summed E-state index contributed by atoms with van der Waals surface area (Å²) in [5.41, 5.74) is 5.89. The van der Waals surface area contributed by atoms with Gasteiger partial charge in [-0.1, -0.05) is 6.07 Å². The fourth-order valence-corrected chi connectivity index (χ4v) is 1.44. The van der Waals surface area contributed by atoms with Gasteiger partial charge in [-0.3, -0.25) is 0 Å². The van der Waals surface area contributed by atoms with Gasteiger partial charge >= 0.3 is 0 Å².